The number of hydrogen-bond donors (Lipinski definition) is 1. The maximum Gasteiger partial charge on any atom is 0.263 e. The van der Waals surface area contributed by atoms with Crippen LogP contribution in [0.1, 0.15) is 21.5 Å². The van der Waals surface area contributed by atoms with Crippen LogP contribution in [0.2, 0.25) is 0 Å². The third-order valence-corrected chi connectivity index (χ3v) is 7.09. The molecule has 3 heterocycles. The maximum absolute atomic E-state index is 13.4. The van der Waals surface area contributed by atoms with Gasteiger partial charge in [0.15, 0.2) is 10.9 Å². The van der Waals surface area contributed by atoms with Crippen molar-refractivity contribution < 1.29 is 4.79 Å². The summed E-state index contributed by atoms with van der Waals surface area (Å²) >= 11 is 1.32. The fraction of sp³-hybridized carbons (Fsp3) is 0.111. The van der Waals surface area contributed by atoms with Crippen molar-refractivity contribution in [2.45, 2.75) is 18.6 Å². The quantitative estimate of drug-likeness (QED) is 0.272. The van der Waals surface area contributed by atoms with Gasteiger partial charge in [0.05, 0.1) is 23.2 Å². The van der Waals surface area contributed by atoms with E-state index in [0.717, 1.165) is 27.5 Å². The van der Waals surface area contributed by atoms with Crippen LogP contribution in [0, 0.1) is 6.92 Å². The summed E-state index contributed by atoms with van der Waals surface area (Å²) in [5.74, 6) is 0.659. The van der Waals surface area contributed by atoms with Gasteiger partial charge in [-0.1, -0.05) is 71.9 Å². The first kappa shape index (κ1) is 21.4. The van der Waals surface area contributed by atoms with Gasteiger partial charge >= 0.3 is 0 Å². The fourth-order valence-corrected chi connectivity index (χ4v) is 5.18. The molecule has 7 nitrogen and oxygen atoms in total. The number of aromatic amines is 1. The molecule has 0 radical (unpaired) electrons. The summed E-state index contributed by atoms with van der Waals surface area (Å²) in [6, 6.07) is 23.3. The number of aromatic nitrogens is 5. The molecule has 172 valence electrons. The van der Waals surface area contributed by atoms with Gasteiger partial charge in [0.2, 0.25) is 5.78 Å². The minimum absolute atomic E-state index is 0.00137. The zero-order valence-corrected chi connectivity index (χ0v) is 19.7. The molecule has 0 spiro atoms. The van der Waals surface area contributed by atoms with Gasteiger partial charge in [0.25, 0.3) is 5.56 Å². The van der Waals surface area contributed by atoms with Gasteiger partial charge in [-0.15, -0.1) is 10.2 Å². The Hall–Kier alpha value is -4.17. The SMILES string of the molecule is Cc1ccc(Cn2c(=O)c3ccccc3n3c(SCC(=O)c4c[nH]c5ccccc45)nnc23)cc1. The van der Waals surface area contributed by atoms with Crippen LogP contribution in [0.25, 0.3) is 27.6 Å². The first-order valence-corrected chi connectivity index (χ1v) is 12.2. The first-order valence-electron chi connectivity index (χ1n) is 11.2. The number of thioether (sulfide) groups is 1. The second-order valence-corrected chi connectivity index (χ2v) is 9.41. The van der Waals surface area contributed by atoms with E-state index < -0.39 is 0 Å². The predicted octanol–water partition coefficient (Wildman–Crippen LogP) is 4.86. The molecule has 3 aromatic heterocycles. The Morgan fingerprint density at radius 2 is 1.69 bits per heavy atom. The average Bonchev–Trinajstić information content (AvgIpc) is 3.51. The second-order valence-electron chi connectivity index (χ2n) is 8.47. The molecule has 0 atom stereocenters. The molecule has 3 aromatic carbocycles. The van der Waals surface area contributed by atoms with E-state index in [1.165, 1.54) is 11.8 Å². The van der Waals surface area contributed by atoms with Gasteiger partial charge in [-0.25, -0.2) is 0 Å². The molecule has 1 N–H and O–H groups in total. The molecular weight excluding hydrogens is 458 g/mol. The van der Waals surface area contributed by atoms with Crippen LogP contribution in [0.4, 0.5) is 0 Å². The Labute approximate surface area is 204 Å². The highest BCUT2D eigenvalue weighted by Gasteiger charge is 2.19. The van der Waals surface area contributed by atoms with E-state index in [1.807, 2.05) is 84.1 Å². The summed E-state index contributed by atoms with van der Waals surface area (Å²) in [4.78, 5) is 29.6. The molecule has 0 saturated carbocycles. The summed E-state index contributed by atoms with van der Waals surface area (Å²) in [7, 11) is 0. The molecule has 0 amide bonds. The fourth-order valence-electron chi connectivity index (χ4n) is 4.36. The third kappa shape index (κ3) is 3.72. The van der Waals surface area contributed by atoms with Crippen LogP contribution in [0.3, 0.4) is 0 Å². The highest BCUT2D eigenvalue weighted by molar-refractivity contribution is 7.99. The minimum Gasteiger partial charge on any atom is -0.360 e. The van der Waals surface area contributed by atoms with Crippen molar-refractivity contribution >= 4 is 45.1 Å². The molecule has 0 aliphatic carbocycles. The predicted molar refractivity (Wildman–Crippen MR) is 138 cm³/mol. The van der Waals surface area contributed by atoms with Gasteiger partial charge < -0.3 is 4.98 Å². The van der Waals surface area contributed by atoms with Crippen molar-refractivity contribution in [2.24, 2.45) is 0 Å². The number of benzene rings is 3. The molecule has 0 unspecified atom stereocenters. The van der Waals surface area contributed by atoms with Crippen molar-refractivity contribution in [3.05, 3.63) is 106 Å². The highest BCUT2D eigenvalue weighted by Crippen LogP contribution is 2.25. The Balaban J connectivity index is 1.40. The Kier molecular flexibility index (Phi) is 5.22. The van der Waals surface area contributed by atoms with Crippen LogP contribution >= 0.6 is 11.8 Å². The molecule has 0 aliphatic rings. The van der Waals surface area contributed by atoms with Crippen LogP contribution in [-0.4, -0.2) is 35.7 Å². The van der Waals surface area contributed by atoms with Crippen LogP contribution in [0.15, 0.2) is 88.9 Å². The number of nitrogens with zero attached hydrogens (tertiary/aromatic N) is 4. The number of H-pyrrole nitrogens is 1. The van der Waals surface area contributed by atoms with E-state index in [-0.39, 0.29) is 17.1 Å². The lowest BCUT2D eigenvalue weighted by Gasteiger charge is -2.11. The number of carbonyl (C=O) groups excluding carboxylic acids is 1. The van der Waals surface area contributed by atoms with Crippen molar-refractivity contribution in [3.8, 4) is 0 Å². The van der Waals surface area contributed by atoms with Crippen molar-refractivity contribution in [1.29, 1.82) is 0 Å². The normalized spacial score (nSPS) is 11.6. The lowest BCUT2D eigenvalue weighted by atomic mass is 10.1. The van der Waals surface area contributed by atoms with Gasteiger partial charge in [-0.2, -0.15) is 0 Å². The van der Waals surface area contributed by atoms with Crippen LogP contribution < -0.4 is 5.56 Å². The summed E-state index contributed by atoms with van der Waals surface area (Å²) < 4.78 is 3.52. The van der Waals surface area contributed by atoms with Gasteiger partial charge in [0, 0.05) is 22.7 Å². The van der Waals surface area contributed by atoms with Crippen molar-refractivity contribution in [1.82, 2.24) is 24.1 Å². The Morgan fingerprint density at radius 3 is 2.51 bits per heavy atom. The zero-order chi connectivity index (χ0) is 23.9. The highest BCUT2D eigenvalue weighted by atomic mass is 32.2. The summed E-state index contributed by atoms with van der Waals surface area (Å²) in [5, 5.41) is 10.8. The van der Waals surface area contributed by atoms with Gasteiger partial charge in [0.1, 0.15) is 0 Å². The van der Waals surface area contributed by atoms with E-state index in [4.69, 9.17) is 0 Å². The number of Topliss-reactive ketones (excluding diaryl/α,β-unsaturated/α-hetero) is 1. The van der Waals surface area contributed by atoms with E-state index >= 15 is 0 Å². The van der Waals surface area contributed by atoms with Crippen LogP contribution in [0.5, 0.6) is 0 Å². The first-order chi connectivity index (χ1) is 17.1. The number of fused-ring (bicyclic) bond motifs is 4. The molecule has 0 bridgehead atoms. The largest absolute Gasteiger partial charge is 0.360 e. The molecule has 8 heteroatoms. The van der Waals surface area contributed by atoms with Crippen molar-refractivity contribution in [2.75, 3.05) is 5.75 Å². The maximum atomic E-state index is 13.4. The molecular formula is C27H21N5O2S. The van der Waals surface area contributed by atoms with E-state index in [9.17, 15) is 9.59 Å². The lowest BCUT2D eigenvalue weighted by molar-refractivity contribution is 0.102. The monoisotopic (exact) mass is 479 g/mol. The number of para-hydroxylation sites is 2. The summed E-state index contributed by atoms with van der Waals surface area (Å²) in [6.45, 7) is 2.41. The summed E-state index contributed by atoms with van der Waals surface area (Å²) in [5.41, 5.74) is 4.35. The summed E-state index contributed by atoms with van der Waals surface area (Å²) in [6.07, 6.45) is 1.75. The van der Waals surface area contributed by atoms with Crippen molar-refractivity contribution in [3.63, 3.8) is 0 Å². The average molecular weight is 480 g/mol. The van der Waals surface area contributed by atoms with Gasteiger partial charge in [-0.05, 0) is 30.7 Å². The number of aryl methyl sites for hydroxylation is 1. The topological polar surface area (TPSA) is 85.0 Å². The molecule has 0 saturated heterocycles. The molecule has 6 aromatic rings. The molecule has 35 heavy (non-hydrogen) atoms. The molecule has 0 aliphatic heterocycles. The number of ketones is 1. The minimum atomic E-state index is -0.118. The third-order valence-electron chi connectivity index (χ3n) is 6.16. The molecule has 6 rings (SSSR count). The number of carbonyl (C=O) groups is 1. The number of rotatable bonds is 6. The zero-order valence-electron chi connectivity index (χ0n) is 18.9. The standard InChI is InChI=1S/C27H21N5O2S/c1-17-10-12-18(13-11-17)15-31-25(34)20-7-3-5-9-23(20)32-26(31)29-30-27(32)35-16-24(33)21-14-28-22-8-4-2-6-19(21)22/h2-14,28H,15-16H2,1H3. The Morgan fingerprint density at radius 1 is 0.943 bits per heavy atom. The van der Waals surface area contributed by atoms with Crippen LogP contribution in [-0.2, 0) is 6.54 Å². The molecule has 0 fully saturated rings. The smallest absolute Gasteiger partial charge is 0.263 e. The number of hydrogen-bond acceptors (Lipinski definition) is 5. The second kappa shape index (κ2) is 8.56. The Bertz CT molecular complexity index is 1780. The van der Waals surface area contributed by atoms with E-state index in [0.29, 0.717) is 28.4 Å². The number of nitrogens with one attached hydrogen (secondary N) is 1. The van der Waals surface area contributed by atoms with Gasteiger partial charge in [-0.3, -0.25) is 18.6 Å². The lowest BCUT2D eigenvalue weighted by Crippen LogP contribution is -2.24. The van der Waals surface area contributed by atoms with E-state index in [1.54, 1.807) is 10.8 Å². The van der Waals surface area contributed by atoms with E-state index in [2.05, 4.69) is 15.2 Å².